The maximum Gasteiger partial charge on any atom is 0.269 e. The van der Waals surface area contributed by atoms with Crippen molar-refractivity contribution in [1.82, 2.24) is 0 Å². The number of fused-ring (bicyclic) bond motifs is 1. The van der Waals surface area contributed by atoms with Crippen molar-refractivity contribution in [2.24, 2.45) is 5.10 Å². The Morgan fingerprint density at radius 2 is 1.84 bits per heavy atom. The molecule has 126 valence electrons. The van der Waals surface area contributed by atoms with E-state index in [9.17, 15) is 10.1 Å². The Balaban J connectivity index is 1.47. The SMILES string of the molecule is O=[N+]([O-])c1ccc(N/N=C/C=C/C=C/c2ccc3c(c2)OCO3)cc1. The molecule has 0 bridgehead atoms. The molecule has 7 heteroatoms. The third-order valence-corrected chi connectivity index (χ3v) is 3.34. The largest absolute Gasteiger partial charge is 0.454 e. The van der Waals surface area contributed by atoms with Gasteiger partial charge < -0.3 is 9.47 Å². The molecule has 0 aromatic heterocycles. The lowest BCUT2D eigenvalue weighted by molar-refractivity contribution is -0.384. The molecule has 0 spiro atoms. The Morgan fingerprint density at radius 3 is 2.64 bits per heavy atom. The van der Waals surface area contributed by atoms with Gasteiger partial charge in [-0.15, -0.1) is 0 Å². The summed E-state index contributed by atoms with van der Waals surface area (Å²) in [5.41, 5.74) is 4.51. The highest BCUT2D eigenvalue weighted by molar-refractivity contribution is 5.73. The molecule has 0 saturated heterocycles. The topological polar surface area (TPSA) is 86.0 Å². The van der Waals surface area contributed by atoms with Gasteiger partial charge in [0, 0.05) is 18.3 Å². The number of anilines is 1. The minimum Gasteiger partial charge on any atom is -0.454 e. The zero-order valence-electron chi connectivity index (χ0n) is 13.2. The van der Waals surface area contributed by atoms with Gasteiger partial charge in [0.25, 0.3) is 5.69 Å². The highest BCUT2D eigenvalue weighted by Gasteiger charge is 2.11. The summed E-state index contributed by atoms with van der Waals surface area (Å²) in [4.78, 5) is 10.1. The van der Waals surface area contributed by atoms with Crippen LogP contribution < -0.4 is 14.9 Å². The third kappa shape index (κ3) is 4.44. The Hall–Kier alpha value is -3.61. The van der Waals surface area contributed by atoms with Gasteiger partial charge in [-0.05, 0) is 35.9 Å². The van der Waals surface area contributed by atoms with Crippen LogP contribution in [0.15, 0.2) is 65.8 Å². The van der Waals surface area contributed by atoms with E-state index in [1.807, 2.05) is 36.4 Å². The van der Waals surface area contributed by atoms with E-state index in [1.165, 1.54) is 12.1 Å². The number of nitro benzene ring substituents is 1. The van der Waals surface area contributed by atoms with Crippen LogP contribution >= 0.6 is 0 Å². The summed E-state index contributed by atoms with van der Waals surface area (Å²) >= 11 is 0. The van der Waals surface area contributed by atoms with Crippen LogP contribution in [0.25, 0.3) is 6.08 Å². The Morgan fingerprint density at radius 1 is 1.04 bits per heavy atom. The standard InChI is InChI=1S/C18H15N3O4/c22-21(23)16-8-6-15(7-9-16)20-19-11-3-1-2-4-14-5-10-17-18(12-14)25-13-24-17/h1-12,20H,13H2/b3-1+,4-2+,19-11+. The van der Waals surface area contributed by atoms with Crippen molar-refractivity contribution in [2.75, 3.05) is 12.2 Å². The molecule has 3 rings (SSSR count). The first-order valence-corrected chi connectivity index (χ1v) is 7.49. The van der Waals surface area contributed by atoms with E-state index >= 15 is 0 Å². The van der Waals surface area contributed by atoms with Crippen molar-refractivity contribution in [2.45, 2.75) is 0 Å². The number of non-ortho nitro benzene ring substituents is 1. The van der Waals surface area contributed by atoms with Gasteiger partial charge in [-0.3, -0.25) is 15.5 Å². The smallest absolute Gasteiger partial charge is 0.269 e. The van der Waals surface area contributed by atoms with E-state index in [1.54, 1.807) is 24.4 Å². The molecular weight excluding hydrogens is 322 g/mol. The second-order valence-corrected chi connectivity index (χ2v) is 5.05. The average molecular weight is 337 g/mol. The summed E-state index contributed by atoms with van der Waals surface area (Å²) in [7, 11) is 0. The highest BCUT2D eigenvalue weighted by Crippen LogP contribution is 2.32. The first-order valence-electron chi connectivity index (χ1n) is 7.49. The van der Waals surface area contributed by atoms with Crippen LogP contribution in [0.2, 0.25) is 0 Å². The van der Waals surface area contributed by atoms with Gasteiger partial charge in [-0.1, -0.05) is 24.3 Å². The van der Waals surface area contributed by atoms with Crippen molar-refractivity contribution in [1.29, 1.82) is 0 Å². The lowest BCUT2D eigenvalue weighted by Gasteiger charge is -1.98. The number of rotatable bonds is 6. The molecule has 1 aliphatic heterocycles. The van der Waals surface area contributed by atoms with Gasteiger partial charge >= 0.3 is 0 Å². The number of ether oxygens (including phenoxy) is 2. The van der Waals surface area contributed by atoms with Crippen LogP contribution in [0.5, 0.6) is 11.5 Å². The normalized spacial score (nSPS) is 13.1. The van der Waals surface area contributed by atoms with Crippen molar-refractivity contribution in [3.05, 3.63) is 76.4 Å². The first kappa shape index (κ1) is 16.3. The van der Waals surface area contributed by atoms with E-state index in [4.69, 9.17) is 9.47 Å². The number of nitro groups is 1. The molecule has 1 aliphatic rings. The number of nitrogens with zero attached hydrogens (tertiary/aromatic N) is 2. The molecule has 0 radical (unpaired) electrons. The quantitative estimate of drug-likeness (QED) is 0.373. The number of hydrazone groups is 1. The summed E-state index contributed by atoms with van der Waals surface area (Å²) < 4.78 is 10.6. The number of hydrogen-bond acceptors (Lipinski definition) is 6. The number of benzene rings is 2. The van der Waals surface area contributed by atoms with Gasteiger partial charge in [0.05, 0.1) is 10.6 Å². The molecule has 25 heavy (non-hydrogen) atoms. The second kappa shape index (κ2) is 7.78. The lowest BCUT2D eigenvalue weighted by atomic mass is 10.2. The number of allylic oxidation sites excluding steroid dienone is 3. The molecule has 0 unspecified atom stereocenters. The number of nitrogens with one attached hydrogen (secondary N) is 1. The van der Waals surface area contributed by atoms with Gasteiger partial charge in [0.1, 0.15) is 0 Å². The van der Waals surface area contributed by atoms with E-state index in [-0.39, 0.29) is 12.5 Å². The lowest BCUT2D eigenvalue weighted by Crippen LogP contribution is -1.92. The van der Waals surface area contributed by atoms with E-state index in [0.717, 1.165) is 17.1 Å². The summed E-state index contributed by atoms with van der Waals surface area (Å²) in [6.45, 7) is 0.265. The second-order valence-electron chi connectivity index (χ2n) is 5.05. The van der Waals surface area contributed by atoms with E-state index < -0.39 is 4.92 Å². The van der Waals surface area contributed by atoms with Crippen LogP contribution in [0, 0.1) is 10.1 Å². The zero-order chi connectivity index (χ0) is 17.5. The van der Waals surface area contributed by atoms with E-state index in [0.29, 0.717) is 5.69 Å². The molecule has 1 heterocycles. The predicted octanol–water partition coefficient (Wildman–Crippen LogP) is 3.99. The molecule has 0 atom stereocenters. The maximum atomic E-state index is 10.6. The molecule has 0 amide bonds. The minimum atomic E-state index is -0.442. The molecule has 2 aromatic rings. The Labute approximate surface area is 144 Å². The van der Waals surface area contributed by atoms with Gasteiger partial charge in [-0.25, -0.2) is 0 Å². The molecule has 0 fully saturated rings. The molecule has 0 saturated carbocycles. The van der Waals surface area contributed by atoms with Gasteiger partial charge in [-0.2, -0.15) is 5.10 Å². The minimum absolute atomic E-state index is 0.0445. The monoisotopic (exact) mass is 337 g/mol. The zero-order valence-corrected chi connectivity index (χ0v) is 13.2. The molecule has 2 aromatic carbocycles. The van der Waals surface area contributed by atoms with Crippen molar-refractivity contribution in [3.63, 3.8) is 0 Å². The fourth-order valence-electron chi connectivity index (χ4n) is 2.11. The van der Waals surface area contributed by atoms with Crippen LogP contribution in [0.4, 0.5) is 11.4 Å². The molecule has 0 aliphatic carbocycles. The molecule has 7 nitrogen and oxygen atoms in total. The summed E-state index contributed by atoms with van der Waals surface area (Å²) in [6.07, 6.45) is 9.02. The summed E-state index contributed by atoms with van der Waals surface area (Å²) in [6, 6.07) is 11.8. The van der Waals surface area contributed by atoms with Crippen molar-refractivity contribution in [3.8, 4) is 11.5 Å². The highest BCUT2D eigenvalue weighted by atomic mass is 16.7. The molecule has 1 N–H and O–H groups in total. The Kier molecular flexibility index (Phi) is 5.06. The molecular formula is C18H15N3O4. The first-order chi connectivity index (χ1) is 12.2. The third-order valence-electron chi connectivity index (χ3n) is 3.34. The van der Waals surface area contributed by atoms with Gasteiger partial charge in [0.2, 0.25) is 6.79 Å². The summed E-state index contributed by atoms with van der Waals surface area (Å²) in [5.74, 6) is 1.51. The van der Waals surface area contributed by atoms with Gasteiger partial charge in [0.15, 0.2) is 11.5 Å². The van der Waals surface area contributed by atoms with Crippen LogP contribution in [-0.4, -0.2) is 17.9 Å². The fourth-order valence-corrected chi connectivity index (χ4v) is 2.11. The number of hydrogen-bond donors (Lipinski definition) is 1. The average Bonchev–Trinajstić information content (AvgIpc) is 3.09. The van der Waals surface area contributed by atoms with Crippen molar-refractivity contribution >= 4 is 23.7 Å². The maximum absolute atomic E-state index is 10.6. The summed E-state index contributed by atoms with van der Waals surface area (Å²) in [5, 5.41) is 14.6. The predicted molar refractivity (Wildman–Crippen MR) is 96.0 cm³/mol. The van der Waals surface area contributed by atoms with Crippen molar-refractivity contribution < 1.29 is 14.4 Å². The Bertz CT molecular complexity index is 842. The van der Waals surface area contributed by atoms with Crippen LogP contribution in [0.3, 0.4) is 0 Å². The fraction of sp³-hybridized carbons (Fsp3) is 0.0556. The van der Waals surface area contributed by atoms with Crippen LogP contribution in [0.1, 0.15) is 5.56 Å². The van der Waals surface area contributed by atoms with Crippen LogP contribution in [-0.2, 0) is 0 Å². The van der Waals surface area contributed by atoms with E-state index in [2.05, 4.69) is 10.5 Å².